The molecule has 132 valence electrons. The second-order valence-electron chi connectivity index (χ2n) is 5.60. The minimum absolute atomic E-state index is 0.0738. The number of benzene rings is 2. The summed E-state index contributed by atoms with van der Waals surface area (Å²) < 4.78 is 17.9. The average Bonchev–Trinajstić information content (AvgIpc) is 2.58. The van der Waals surface area contributed by atoms with E-state index in [2.05, 4.69) is 5.32 Å². The summed E-state index contributed by atoms with van der Waals surface area (Å²) >= 11 is 5.79. The van der Waals surface area contributed by atoms with Gasteiger partial charge >= 0.3 is 5.97 Å². The minimum Gasteiger partial charge on any atom is -0.452 e. The molecule has 25 heavy (non-hydrogen) atoms. The van der Waals surface area contributed by atoms with Crippen LogP contribution in [-0.2, 0) is 27.2 Å². The van der Waals surface area contributed by atoms with Crippen molar-refractivity contribution >= 4 is 23.5 Å². The highest BCUT2D eigenvalue weighted by Gasteiger charge is 2.17. The van der Waals surface area contributed by atoms with E-state index in [0.29, 0.717) is 18.0 Å². The number of amides is 1. The second kappa shape index (κ2) is 9.18. The lowest BCUT2D eigenvalue weighted by Gasteiger charge is -2.13. The summed E-state index contributed by atoms with van der Waals surface area (Å²) in [5, 5.41) is 3.28. The van der Waals surface area contributed by atoms with Crippen LogP contribution in [0.4, 0.5) is 4.39 Å². The quantitative estimate of drug-likeness (QED) is 0.768. The standard InChI is InChI=1S/C19H19ClFNO3/c1-13(25-18(23)12-15-2-6-16(20)7-3-15)19(24)22-11-10-14-4-8-17(21)9-5-14/h2-9,13H,10-12H2,1H3,(H,22,24)/t13-/m0/s1. The zero-order valence-electron chi connectivity index (χ0n) is 13.8. The summed E-state index contributed by atoms with van der Waals surface area (Å²) in [7, 11) is 0. The molecule has 0 heterocycles. The highest BCUT2D eigenvalue weighted by Crippen LogP contribution is 2.10. The van der Waals surface area contributed by atoms with Gasteiger partial charge in [0.15, 0.2) is 6.10 Å². The van der Waals surface area contributed by atoms with Crippen LogP contribution in [0.3, 0.4) is 0 Å². The van der Waals surface area contributed by atoms with Gasteiger partial charge in [0.05, 0.1) is 6.42 Å². The predicted octanol–water partition coefficient (Wildman–Crippen LogP) is 3.31. The van der Waals surface area contributed by atoms with Crippen LogP contribution in [0.2, 0.25) is 5.02 Å². The number of carbonyl (C=O) groups is 2. The molecule has 1 amide bonds. The third kappa shape index (κ3) is 6.55. The van der Waals surface area contributed by atoms with Crippen molar-refractivity contribution in [3.63, 3.8) is 0 Å². The Morgan fingerprint density at radius 3 is 2.32 bits per heavy atom. The fraction of sp³-hybridized carbons (Fsp3) is 0.263. The molecule has 0 aromatic heterocycles. The summed E-state index contributed by atoms with van der Waals surface area (Å²) in [5.41, 5.74) is 1.67. The van der Waals surface area contributed by atoms with Gasteiger partial charge in [0, 0.05) is 11.6 Å². The van der Waals surface area contributed by atoms with Crippen molar-refractivity contribution in [3.05, 3.63) is 70.5 Å². The maximum Gasteiger partial charge on any atom is 0.311 e. The zero-order valence-corrected chi connectivity index (χ0v) is 14.6. The first kappa shape index (κ1) is 18.9. The van der Waals surface area contributed by atoms with E-state index in [4.69, 9.17) is 16.3 Å². The average molecular weight is 364 g/mol. The normalized spacial score (nSPS) is 11.6. The van der Waals surface area contributed by atoms with Gasteiger partial charge in [-0.3, -0.25) is 9.59 Å². The molecule has 6 heteroatoms. The molecular weight excluding hydrogens is 345 g/mol. The van der Waals surface area contributed by atoms with E-state index >= 15 is 0 Å². The number of esters is 1. The van der Waals surface area contributed by atoms with Crippen LogP contribution in [0.15, 0.2) is 48.5 Å². The molecule has 0 spiro atoms. The SMILES string of the molecule is C[C@H](OC(=O)Cc1ccc(Cl)cc1)C(=O)NCCc1ccc(F)cc1. The zero-order chi connectivity index (χ0) is 18.2. The van der Waals surface area contributed by atoms with Gasteiger partial charge in [0.1, 0.15) is 5.82 Å². The van der Waals surface area contributed by atoms with Crippen LogP contribution in [0.5, 0.6) is 0 Å². The first-order valence-corrected chi connectivity index (χ1v) is 8.28. The molecule has 2 rings (SSSR count). The molecule has 0 saturated heterocycles. The van der Waals surface area contributed by atoms with Crippen molar-refractivity contribution in [1.82, 2.24) is 5.32 Å². The van der Waals surface area contributed by atoms with Crippen LogP contribution >= 0.6 is 11.6 Å². The van der Waals surface area contributed by atoms with Gasteiger partial charge in [-0.05, 0) is 48.7 Å². The summed E-state index contributed by atoms with van der Waals surface area (Å²) in [6.45, 7) is 1.90. The number of halogens is 2. The van der Waals surface area contributed by atoms with Crippen molar-refractivity contribution < 1.29 is 18.7 Å². The Balaban J connectivity index is 1.72. The van der Waals surface area contributed by atoms with Gasteiger partial charge < -0.3 is 10.1 Å². The fourth-order valence-electron chi connectivity index (χ4n) is 2.19. The van der Waals surface area contributed by atoms with E-state index in [0.717, 1.165) is 11.1 Å². The highest BCUT2D eigenvalue weighted by molar-refractivity contribution is 6.30. The Bertz CT molecular complexity index is 716. The smallest absolute Gasteiger partial charge is 0.311 e. The van der Waals surface area contributed by atoms with E-state index < -0.39 is 12.1 Å². The van der Waals surface area contributed by atoms with Crippen molar-refractivity contribution in [2.75, 3.05) is 6.54 Å². The van der Waals surface area contributed by atoms with Gasteiger partial charge in [-0.25, -0.2) is 4.39 Å². The maximum absolute atomic E-state index is 12.8. The van der Waals surface area contributed by atoms with Gasteiger partial charge in [-0.15, -0.1) is 0 Å². The van der Waals surface area contributed by atoms with E-state index in [1.165, 1.54) is 19.1 Å². The van der Waals surface area contributed by atoms with Gasteiger partial charge in [-0.1, -0.05) is 35.9 Å². The van der Waals surface area contributed by atoms with E-state index in [9.17, 15) is 14.0 Å². The number of hydrogen-bond acceptors (Lipinski definition) is 3. The number of carbonyl (C=O) groups excluding carboxylic acids is 2. The molecule has 0 aliphatic rings. The molecule has 0 bridgehead atoms. The summed E-state index contributed by atoms with van der Waals surface area (Å²) in [5.74, 6) is -1.15. The molecule has 1 atom stereocenters. The Kier molecular flexibility index (Phi) is 6.95. The van der Waals surface area contributed by atoms with Gasteiger partial charge in [-0.2, -0.15) is 0 Å². The first-order chi connectivity index (χ1) is 11.9. The summed E-state index contributed by atoms with van der Waals surface area (Å²) in [6.07, 6.45) is -0.241. The number of nitrogens with one attached hydrogen (secondary N) is 1. The predicted molar refractivity (Wildman–Crippen MR) is 93.8 cm³/mol. The fourth-order valence-corrected chi connectivity index (χ4v) is 2.31. The van der Waals surface area contributed by atoms with Crippen LogP contribution in [0.1, 0.15) is 18.1 Å². The second-order valence-corrected chi connectivity index (χ2v) is 6.04. The maximum atomic E-state index is 12.8. The Morgan fingerprint density at radius 2 is 1.68 bits per heavy atom. The van der Waals surface area contributed by atoms with Gasteiger partial charge in [0.25, 0.3) is 5.91 Å². The lowest BCUT2D eigenvalue weighted by molar-refractivity contribution is -0.154. The monoisotopic (exact) mass is 363 g/mol. The van der Waals surface area contributed by atoms with E-state index in [-0.39, 0.29) is 18.1 Å². The lowest BCUT2D eigenvalue weighted by atomic mass is 10.1. The van der Waals surface area contributed by atoms with Crippen LogP contribution < -0.4 is 5.32 Å². The van der Waals surface area contributed by atoms with E-state index in [1.54, 1.807) is 36.4 Å². The van der Waals surface area contributed by atoms with Crippen molar-refractivity contribution in [2.45, 2.75) is 25.9 Å². The molecule has 2 aromatic rings. The topological polar surface area (TPSA) is 55.4 Å². The third-order valence-corrected chi connectivity index (χ3v) is 3.82. The molecule has 0 unspecified atom stereocenters. The molecule has 0 aliphatic heterocycles. The minimum atomic E-state index is -0.881. The molecule has 2 aromatic carbocycles. The molecule has 0 radical (unpaired) electrons. The number of ether oxygens (including phenoxy) is 1. The molecule has 4 nitrogen and oxygen atoms in total. The van der Waals surface area contributed by atoms with Crippen LogP contribution in [-0.4, -0.2) is 24.5 Å². The number of hydrogen-bond donors (Lipinski definition) is 1. The molecule has 1 N–H and O–H groups in total. The number of rotatable bonds is 7. The van der Waals surface area contributed by atoms with Crippen LogP contribution in [0.25, 0.3) is 0 Å². The molecule has 0 aliphatic carbocycles. The van der Waals surface area contributed by atoms with Gasteiger partial charge in [0.2, 0.25) is 0 Å². The Hall–Kier alpha value is -2.40. The van der Waals surface area contributed by atoms with Crippen molar-refractivity contribution in [2.24, 2.45) is 0 Å². The van der Waals surface area contributed by atoms with E-state index in [1.807, 2.05) is 0 Å². The lowest BCUT2D eigenvalue weighted by Crippen LogP contribution is -2.37. The summed E-state index contributed by atoms with van der Waals surface area (Å²) in [6, 6.07) is 12.9. The first-order valence-electron chi connectivity index (χ1n) is 7.90. The molecule has 0 fully saturated rings. The third-order valence-electron chi connectivity index (χ3n) is 3.57. The van der Waals surface area contributed by atoms with Crippen LogP contribution in [0, 0.1) is 5.82 Å². The summed E-state index contributed by atoms with van der Waals surface area (Å²) in [4.78, 5) is 23.8. The van der Waals surface area contributed by atoms with Crippen molar-refractivity contribution in [1.29, 1.82) is 0 Å². The van der Waals surface area contributed by atoms with Crippen molar-refractivity contribution in [3.8, 4) is 0 Å². The molecular formula is C19H19ClFNO3. The highest BCUT2D eigenvalue weighted by atomic mass is 35.5. The largest absolute Gasteiger partial charge is 0.452 e. The molecule has 0 saturated carbocycles. The Morgan fingerprint density at radius 1 is 1.08 bits per heavy atom. The Labute approximate surface area is 150 Å².